The third-order valence-corrected chi connectivity index (χ3v) is 8.85. The maximum absolute atomic E-state index is 15.0. The molecular formula is C32H23ClFN3O4S. The first-order chi connectivity index (χ1) is 20.2. The molecule has 210 valence electrons. The summed E-state index contributed by atoms with van der Waals surface area (Å²) in [6.07, 6.45) is 0. The van der Waals surface area contributed by atoms with E-state index in [9.17, 15) is 13.2 Å². The van der Waals surface area contributed by atoms with Crippen molar-refractivity contribution in [3.05, 3.63) is 142 Å². The highest BCUT2D eigenvalue weighted by Crippen LogP contribution is 2.34. The standard InChI is InChI=1S/C32H23ClFN3O4S/c1-20-11-14-23(15-12-20)42(39,40)31-28-18-35-29(24-9-5-6-10-26(24)34)25-17-22(33)13-16-27(25)37(28)30(36-31)32(38)41-19-21-7-3-2-4-8-21/h2-17H,18-19H2,1H3. The van der Waals surface area contributed by atoms with Crippen LogP contribution in [0.3, 0.4) is 0 Å². The molecular weight excluding hydrogens is 577 g/mol. The van der Waals surface area contributed by atoms with Crippen molar-refractivity contribution in [1.82, 2.24) is 9.55 Å². The van der Waals surface area contributed by atoms with E-state index in [1.54, 1.807) is 60.7 Å². The van der Waals surface area contributed by atoms with Crippen molar-refractivity contribution in [2.24, 2.45) is 4.99 Å². The van der Waals surface area contributed by atoms with Crippen LogP contribution in [0, 0.1) is 12.7 Å². The maximum Gasteiger partial charge on any atom is 0.375 e. The number of rotatable bonds is 6. The van der Waals surface area contributed by atoms with Crippen LogP contribution in [0.25, 0.3) is 5.69 Å². The SMILES string of the molecule is Cc1ccc(S(=O)(=O)c2nc(C(=O)OCc3ccccc3)n3c2CN=C(c2ccccc2F)c2cc(Cl)ccc2-3)cc1. The number of halogens is 2. The zero-order valence-electron chi connectivity index (χ0n) is 22.3. The van der Waals surface area contributed by atoms with Crippen molar-refractivity contribution in [3.8, 4) is 5.69 Å². The summed E-state index contributed by atoms with van der Waals surface area (Å²) >= 11 is 6.38. The largest absolute Gasteiger partial charge is 0.455 e. The van der Waals surface area contributed by atoms with Crippen LogP contribution in [-0.2, 0) is 27.7 Å². The number of aliphatic imine (C=N–C) groups is 1. The molecule has 0 saturated carbocycles. The maximum atomic E-state index is 15.0. The molecule has 2 heterocycles. The van der Waals surface area contributed by atoms with Gasteiger partial charge in [0.1, 0.15) is 12.4 Å². The molecule has 0 N–H and O–H groups in total. The molecule has 0 aliphatic carbocycles. The molecule has 10 heteroatoms. The molecule has 0 radical (unpaired) electrons. The summed E-state index contributed by atoms with van der Waals surface area (Å²) in [4.78, 5) is 22.6. The summed E-state index contributed by atoms with van der Waals surface area (Å²) < 4.78 is 50.0. The second-order valence-electron chi connectivity index (χ2n) is 9.71. The highest BCUT2D eigenvalue weighted by molar-refractivity contribution is 7.91. The lowest BCUT2D eigenvalue weighted by molar-refractivity contribution is 0.0455. The van der Waals surface area contributed by atoms with Gasteiger partial charge in [0.25, 0.3) is 0 Å². The van der Waals surface area contributed by atoms with Crippen LogP contribution in [0.4, 0.5) is 4.39 Å². The second-order valence-corrected chi connectivity index (χ2v) is 12.0. The van der Waals surface area contributed by atoms with E-state index in [-0.39, 0.29) is 45.9 Å². The van der Waals surface area contributed by atoms with Crippen molar-refractivity contribution in [3.63, 3.8) is 0 Å². The van der Waals surface area contributed by atoms with Gasteiger partial charge in [0.05, 0.1) is 28.5 Å². The van der Waals surface area contributed by atoms with Crippen LogP contribution in [-0.4, -0.2) is 29.6 Å². The number of hydrogen-bond acceptors (Lipinski definition) is 6. The van der Waals surface area contributed by atoms with Gasteiger partial charge in [0, 0.05) is 16.1 Å². The lowest BCUT2D eigenvalue weighted by atomic mass is 10.00. The molecule has 0 spiro atoms. The number of ether oxygens (including phenoxy) is 1. The molecule has 0 atom stereocenters. The topological polar surface area (TPSA) is 90.6 Å². The van der Waals surface area contributed by atoms with Crippen LogP contribution in [0.1, 0.15) is 38.6 Å². The van der Waals surface area contributed by atoms with Gasteiger partial charge >= 0.3 is 5.97 Å². The van der Waals surface area contributed by atoms with E-state index >= 15 is 4.39 Å². The van der Waals surface area contributed by atoms with E-state index in [0.29, 0.717) is 16.3 Å². The van der Waals surface area contributed by atoms with Crippen molar-refractivity contribution in [2.45, 2.75) is 30.0 Å². The minimum atomic E-state index is -4.20. The lowest BCUT2D eigenvalue weighted by Crippen LogP contribution is -2.15. The molecule has 0 unspecified atom stereocenters. The molecule has 5 aromatic rings. The number of esters is 1. The third-order valence-electron chi connectivity index (χ3n) is 6.89. The number of carbonyl (C=O) groups excluding carboxylic acids is 1. The second kappa shape index (κ2) is 11.0. The minimum absolute atomic E-state index is 0.0112. The molecule has 4 aromatic carbocycles. The van der Waals surface area contributed by atoms with Gasteiger partial charge in [0.15, 0.2) is 5.03 Å². The van der Waals surface area contributed by atoms with Gasteiger partial charge in [-0.15, -0.1) is 0 Å². The Morgan fingerprint density at radius 1 is 0.952 bits per heavy atom. The van der Waals surface area contributed by atoms with Crippen LogP contribution < -0.4 is 0 Å². The van der Waals surface area contributed by atoms with Crippen LogP contribution in [0.5, 0.6) is 0 Å². The lowest BCUT2D eigenvalue weighted by Gasteiger charge is -2.15. The number of hydrogen-bond donors (Lipinski definition) is 0. The van der Waals surface area contributed by atoms with E-state index in [2.05, 4.69) is 9.98 Å². The van der Waals surface area contributed by atoms with Crippen LogP contribution in [0.15, 0.2) is 112 Å². The fourth-order valence-electron chi connectivity index (χ4n) is 4.82. The predicted octanol–water partition coefficient (Wildman–Crippen LogP) is 6.51. The number of benzene rings is 4. The highest BCUT2D eigenvalue weighted by Gasteiger charge is 2.35. The number of imidazole rings is 1. The molecule has 0 fully saturated rings. The van der Waals surface area contributed by atoms with Gasteiger partial charge < -0.3 is 4.74 Å². The monoisotopic (exact) mass is 599 g/mol. The van der Waals surface area contributed by atoms with Gasteiger partial charge in [-0.3, -0.25) is 9.56 Å². The zero-order valence-corrected chi connectivity index (χ0v) is 23.9. The molecule has 42 heavy (non-hydrogen) atoms. The van der Waals surface area contributed by atoms with Gasteiger partial charge in [-0.1, -0.05) is 71.8 Å². The first-order valence-electron chi connectivity index (χ1n) is 13.0. The quantitative estimate of drug-likeness (QED) is 0.207. The van der Waals surface area contributed by atoms with E-state index in [1.165, 1.54) is 22.8 Å². The Kier molecular flexibility index (Phi) is 7.22. The summed E-state index contributed by atoms with van der Waals surface area (Å²) in [5.41, 5.74) is 2.99. The first-order valence-corrected chi connectivity index (χ1v) is 14.8. The number of sulfone groups is 1. The Bertz CT molecular complexity index is 1970. The highest BCUT2D eigenvalue weighted by atomic mass is 35.5. The molecule has 6 rings (SSSR count). The van der Waals surface area contributed by atoms with Crippen molar-refractivity contribution < 1.29 is 22.3 Å². The number of carbonyl (C=O) groups is 1. The van der Waals surface area contributed by atoms with Crippen LogP contribution >= 0.6 is 11.6 Å². The molecule has 1 aliphatic rings. The summed E-state index contributed by atoms with van der Waals surface area (Å²) in [7, 11) is -4.20. The Morgan fingerprint density at radius 3 is 2.40 bits per heavy atom. The van der Waals surface area contributed by atoms with E-state index in [4.69, 9.17) is 16.3 Å². The number of aryl methyl sites for hydroxylation is 1. The summed E-state index contributed by atoms with van der Waals surface area (Å²) in [5.74, 6) is -1.59. The van der Waals surface area contributed by atoms with Crippen LogP contribution in [0.2, 0.25) is 5.02 Å². The van der Waals surface area contributed by atoms with Crippen molar-refractivity contribution in [2.75, 3.05) is 0 Å². The third kappa shape index (κ3) is 5.01. The normalized spacial score (nSPS) is 12.6. The van der Waals surface area contributed by atoms with E-state index in [0.717, 1.165) is 11.1 Å². The Morgan fingerprint density at radius 2 is 1.67 bits per heavy atom. The average molecular weight is 600 g/mol. The molecule has 1 aromatic heterocycles. The van der Waals surface area contributed by atoms with Crippen molar-refractivity contribution >= 4 is 33.1 Å². The molecule has 0 saturated heterocycles. The summed E-state index contributed by atoms with van der Waals surface area (Å²) in [6.45, 7) is 1.59. The van der Waals surface area contributed by atoms with E-state index < -0.39 is 21.6 Å². The van der Waals surface area contributed by atoms with Gasteiger partial charge in [-0.25, -0.2) is 22.6 Å². The fourth-order valence-corrected chi connectivity index (χ4v) is 6.38. The number of aromatic nitrogens is 2. The summed E-state index contributed by atoms with van der Waals surface area (Å²) in [6, 6.07) is 26.4. The number of nitrogens with zero attached hydrogens (tertiary/aromatic N) is 3. The Balaban J connectivity index is 1.57. The zero-order chi connectivity index (χ0) is 29.4. The Hall–Kier alpha value is -4.60. The van der Waals surface area contributed by atoms with Gasteiger partial charge in [-0.05, 0) is 55.0 Å². The number of fused-ring (bicyclic) bond motifs is 3. The van der Waals surface area contributed by atoms with E-state index in [1.807, 2.05) is 25.1 Å². The van der Waals surface area contributed by atoms with Crippen molar-refractivity contribution in [1.29, 1.82) is 0 Å². The van der Waals surface area contributed by atoms with Gasteiger partial charge in [-0.2, -0.15) is 0 Å². The summed E-state index contributed by atoms with van der Waals surface area (Å²) in [5, 5.41) is 0.0134. The smallest absolute Gasteiger partial charge is 0.375 e. The first kappa shape index (κ1) is 27.6. The predicted molar refractivity (Wildman–Crippen MR) is 157 cm³/mol. The average Bonchev–Trinajstić information content (AvgIpc) is 3.30. The molecule has 1 aliphatic heterocycles. The minimum Gasteiger partial charge on any atom is -0.455 e. The Labute approximate surface area is 246 Å². The molecule has 0 bridgehead atoms. The fraction of sp³-hybridized carbons (Fsp3) is 0.0938. The molecule has 0 amide bonds. The van der Waals surface area contributed by atoms with Gasteiger partial charge in [0.2, 0.25) is 15.7 Å². The molecule has 7 nitrogen and oxygen atoms in total.